The largest absolute Gasteiger partial charge is 0.510 e. The van der Waals surface area contributed by atoms with E-state index >= 15 is 0 Å². The number of aliphatic hydroxyl groups is 1. The molecule has 0 aromatic heterocycles. The summed E-state index contributed by atoms with van der Waals surface area (Å²) >= 11 is 1.37. The Labute approximate surface area is 127 Å². The normalized spacial score (nSPS) is 19.2. The Balaban J connectivity index is 1.90. The number of fused-ring (bicyclic) bond motifs is 1. The number of carbonyl (C=O) groups excluding carboxylic acids is 1. The standard InChI is InChI=1S/C16H17NO3S/c1-2-20-16(19)14-13(18)9-21-15(14)17-12-7-6-10-4-3-5-11(10)8-12/h6-8,18H,2-5,9H2,1H3. The van der Waals surface area contributed by atoms with E-state index in [0.717, 1.165) is 18.5 Å². The van der Waals surface area contributed by atoms with E-state index in [2.05, 4.69) is 17.1 Å². The van der Waals surface area contributed by atoms with Gasteiger partial charge in [0.2, 0.25) is 0 Å². The zero-order chi connectivity index (χ0) is 14.8. The molecule has 4 nitrogen and oxygen atoms in total. The molecule has 1 aromatic carbocycles. The summed E-state index contributed by atoms with van der Waals surface area (Å²) in [4.78, 5) is 16.4. The molecule has 3 rings (SSSR count). The van der Waals surface area contributed by atoms with Gasteiger partial charge in [0.15, 0.2) is 0 Å². The Kier molecular flexibility index (Phi) is 4.01. The Bertz CT molecular complexity index is 649. The molecule has 2 aliphatic rings. The molecule has 0 amide bonds. The van der Waals surface area contributed by atoms with Crippen LogP contribution in [0.1, 0.15) is 24.5 Å². The first kappa shape index (κ1) is 14.2. The van der Waals surface area contributed by atoms with Crippen molar-refractivity contribution in [1.29, 1.82) is 0 Å². The van der Waals surface area contributed by atoms with Crippen molar-refractivity contribution in [2.24, 2.45) is 4.99 Å². The van der Waals surface area contributed by atoms with E-state index in [1.54, 1.807) is 6.92 Å². The molecule has 0 saturated heterocycles. The van der Waals surface area contributed by atoms with Gasteiger partial charge in [0, 0.05) is 0 Å². The molecule has 0 saturated carbocycles. The summed E-state index contributed by atoms with van der Waals surface area (Å²) < 4.78 is 4.99. The SMILES string of the molecule is CCOC(=O)C1=C(O)CSC1=Nc1ccc2c(c1)CCC2. The molecular weight excluding hydrogens is 286 g/mol. The van der Waals surface area contributed by atoms with Gasteiger partial charge in [0.05, 0.1) is 18.0 Å². The van der Waals surface area contributed by atoms with Crippen LogP contribution >= 0.6 is 11.8 Å². The van der Waals surface area contributed by atoms with Crippen LogP contribution in [0.2, 0.25) is 0 Å². The van der Waals surface area contributed by atoms with Crippen LogP contribution in [-0.2, 0) is 22.4 Å². The van der Waals surface area contributed by atoms with E-state index in [1.165, 1.54) is 29.3 Å². The fourth-order valence-electron chi connectivity index (χ4n) is 2.65. The molecule has 0 fully saturated rings. The lowest BCUT2D eigenvalue weighted by Gasteiger charge is -2.05. The average Bonchev–Trinajstić information content (AvgIpc) is 3.05. The summed E-state index contributed by atoms with van der Waals surface area (Å²) in [6, 6.07) is 6.15. The van der Waals surface area contributed by atoms with Gasteiger partial charge in [-0.15, -0.1) is 0 Å². The fourth-order valence-corrected chi connectivity index (χ4v) is 3.58. The monoisotopic (exact) mass is 303 g/mol. The summed E-state index contributed by atoms with van der Waals surface area (Å²) in [5, 5.41) is 10.4. The number of esters is 1. The Morgan fingerprint density at radius 1 is 1.38 bits per heavy atom. The Morgan fingerprint density at radius 3 is 3.00 bits per heavy atom. The Hall–Kier alpha value is -1.75. The first-order valence-corrected chi connectivity index (χ1v) is 8.10. The van der Waals surface area contributed by atoms with Crippen molar-refractivity contribution >= 4 is 28.5 Å². The van der Waals surface area contributed by atoms with Crippen LogP contribution in [0.25, 0.3) is 0 Å². The van der Waals surface area contributed by atoms with E-state index in [9.17, 15) is 9.90 Å². The number of aryl methyl sites for hydroxylation is 2. The van der Waals surface area contributed by atoms with Crippen LogP contribution in [0.3, 0.4) is 0 Å². The van der Waals surface area contributed by atoms with Gasteiger partial charge in [-0.3, -0.25) is 0 Å². The highest BCUT2D eigenvalue weighted by Gasteiger charge is 2.29. The molecule has 1 aliphatic heterocycles. The van der Waals surface area contributed by atoms with Crippen molar-refractivity contribution in [2.75, 3.05) is 12.4 Å². The molecule has 1 N–H and O–H groups in total. The third kappa shape index (κ3) is 2.83. The second-order valence-corrected chi connectivity index (χ2v) is 6.02. The van der Waals surface area contributed by atoms with E-state index in [-0.39, 0.29) is 17.9 Å². The third-order valence-electron chi connectivity index (χ3n) is 3.64. The number of thioether (sulfide) groups is 1. The number of rotatable bonds is 3. The number of hydrogen-bond acceptors (Lipinski definition) is 5. The molecule has 110 valence electrons. The average molecular weight is 303 g/mol. The first-order chi connectivity index (χ1) is 10.2. The van der Waals surface area contributed by atoms with Crippen molar-refractivity contribution < 1.29 is 14.6 Å². The van der Waals surface area contributed by atoms with Crippen LogP contribution < -0.4 is 0 Å². The van der Waals surface area contributed by atoms with Gasteiger partial charge in [-0.05, 0) is 49.4 Å². The predicted molar refractivity (Wildman–Crippen MR) is 84.3 cm³/mol. The number of aliphatic imine (C=N–C) groups is 1. The molecule has 0 unspecified atom stereocenters. The van der Waals surface area contributed by atoms with Crippen molar-refractivity contribution in [1.82, 2.24) is 0 Å². The van der Waals surface area contributed by atoms with Crippen molar-refractivity contribution in [3.8, 4) is 0 Å². The number of hydrogen-bond donors (Lipinski definition) is 1. The van der Waals surface area contributed by atoms with Crippen LogP contribution in [0.15, 0.2) is 34.5 Å². The highest BCUT2D eigenvalue weighted by atomic mass is 32.2. The van der Waals surface area contributed by atoms with E-state index in [4.69, 9.17) is 4.74 Å². The second-order valence-electron chi connectivity index (χ2n) is 5.05. The van der Waals surface area contributed by atoms with Gasteiger partial charge in [-0.25, -0.2) is 9.79 Å². The number of carbonyl (C=O) groups is 1. The second kappa shape index (κ2) is 5.93. The smallest absolute Gasteiger partial charge is 0.344 e. The lowest BCUT2D eigenvalue weighted by Crippen LogP contribution is -2.12. The summed E-state index contributed by atoms with van der Waals surface area (Å²) in [5.41, 5.74) is 3.77. The van der Waals surface area contributed by atoms with E-state index < -0.39 is 5.97 Å². The summed E-state index contributed by atoms with van der Waals surface area (Å²) in [5.74, 6) is -0.0731. The van der Waals surface area contributed by atoms with Crippen LogP contribution in [-0.4, -0.2) is 28.5 Å². The van der Waals surface area contributed by atoms with Crippen molar-refractivity contribution in [2.45, 2.75) is 26.2 Å². The predicted octanol–water partition coefficient (Wildman–Crippen LogP) is 3.33. The van der Waals surface area contributed by atoms with E-state index in [1.807, 2.05) is 6.07 Å². The zero-order valence-corrected chi connectivity index (χ0v) is 12.7. The molecular formula is C16H17NO3S. The molecule has 0 radical (unpaired) electrons. The number of ether oxygens (including phenoxy) is 1. The minimum atomic E-state index is -0.500. The van der Waals surface area contributed by atoms with Crippen LogP contribution in [0.4, 0.5) is 5.69 Å². The molecule has 0 bridgehead atoms. The zero-order valence-electron chi connectivity index (χ0n) is 11.9. The maximum atomic E-state index is 11.9. The number of benzene rings is 1. The highest BCUT2D eigenvalue weighted by molar-refractivity contribution is 8.15. The van der Waals surface area contributed by atoms with Crippen LogP contribution in [0.5, 0.6) is 0 Å². The molecule has 0 spiro atoms. The number of nitrogens with zero attached hydrogens (tertiary/aromatic N) is 1. The first-order valence-electron chi connectivity index (χ1n) is 7.12. The topological polar surface area (TPSA) is 58.9 Å². The molecule has 5 heteroatoms. The van der Waals surface area contributed by atoms with Crippen molar-refractivity contribution in [3.05, 3.63) is 40.7 Å². The minimum absolute atomic E-state index is 0.0540. The lowest BCUT2D eigenvalue weighted by atomic mass is 10.1. The Morgan fingerprint density at radius 2 is 2.19 bits per heavy atom. The lowest BCUT2D eigenvalue weighted by molar-refractivity contribution is -0.138. The van der Waals surface area contributed by atoms with Gasteiger partial charge in [-0.2, -0.15) is 0 Å². The maximum absolute atomic E-state index is 11.9. The quantitative estimate of drug-likeness (QED) is 0.870. The summed E-state index contributed by atoms with van der Waals surface area (Å²) in [6.07, 6.45) is 3.42. The maximum Gasteiger partial charge on any atom is 0.344 e. The van der Waals surface area contributed by atoms with Gasteiger partial charge >= 0.3 is 5.97 Å². The minimum Gasteiger partial charge on any atom is -0.510 e. The van der Waals surface area contributed by atoms with Gasteiger partial charge in [0.25, 0.3) is 0 Å². The highest BCUT2D eigenvalue weighted by Crippen LogP contribution is 2.32. The van der Waals surface area contributed by atoms with Gasteiger partial charge < -0.3 is 9.84 Å². The molecule has 1 aliphatic carbocycles. The van der Waals surface area contributed by atoms with Gasteiger partial charge in [-0.1, -0.05) is 17.8 Å². The molecule has 1 heterocycles. The molecule has 21 heavy (non-hydrogen) atoms. The van der Waals surface area contributed by atoms with Crippen LogP contribution in [0, 0.1) is 0 Å². The molecule has 1 aromatic rings. The molecule has 0 atom stereocenters. The number of aliphatic hydroxyl groups excluding tert-OH is 1. The fraction of sp³-hybridized carbons (Fsp3) is 0.375. The summed E-state index contributed by atoms with van der Waals surface area (Å²) in [6.45, 7) is 2.03. The van der Waals surface area contributed by atoms with E-state index in [0.29, 0.717) is 10.8 Å². The third-order valence-corrected chi connectivity index (χ3v) is 4.63. The van der Waals surface area contributed by atoms with Gasteiger partial charge in [0.1, 0.15) is 16.4 Å². The van der Waals surface area contributed by atoms with Crippen molar-refractivity contribution in [3.63, 3.8) is 0 Å². The summed E-state index contributed by atoms with van der Waals surface area (Å²) in [7, 11) is 0.